The Labute approximate surface area is 143 Å². The van der Waals surface area contributed by atoms with Crippen LogP contribution in [0.2, 0.25) is 5.02 Å². The third-order valence-electron chi connectivity index (χ3n) is 3.20. The molecule has 120 valence electrons. The predicted octanol–water partition coefficient (Wildman–Crippen LogP) is 2.24. The third-order valence-corrected chi connectivity index (χ3v) is 4.30. The van der Waals surface area contributed by atoms with Crippen molar-refractivity contribution in [1.82, 2.24) is 29.9 Å². The summed E-state index contributed by atoms with van der Waals surface area (Å²) in [5.74, 6) is 0.681. The van der Waals surface area contributed by atoms with E-state index in [2.05, 4.69) is 20.6 Å². The van der Waals surface area contributed by atoms with Gasteiger partial charge in [-0.15, -0.1) is 11.3 Å². The summed E-state index contributed by atoms with van der Waals surface area (Å²) < 4.78 is 7.61. The minimum Gasteiger partial charge on any atom is -0.334 e. The van der Waals surface area contributed by atoms with Crippen LogP contribution >= 0.6 is 22.9 Å². The highest BCUT2D eigenvalue weighted by Gasteiger charge is 2.14. The minimum absolute atomic E-state index is 0.0707. The van der Waals surface area contributed by atoms with Gasteiger partial charge in [-0.05, 0) is 52.2 Å². The summed E-state index contributed by atoms with van der Waals surface area (Å²) in [6, 6.07) is 10.6. The molecule has 0 aliphatic carbocycles. The van der Waals surface area contributed by atoms with Crippen LogP contribution in [0.15, 0.2) is 51.1 Å². The van der Waals surface area contributed by atoms with Crippen molar-refractivity contribution in [2.75, 3.05) is 0 Å². The molecule has 0 atom stereocenters. The van der Waals surface area contributed by atoms with Gasteiger partial charge in [0.05, 0.1) is 0 Å². The van der Waals surface area contributed by atoms with Crippen LogP contribution in [-0.2, 0) is 6.54 Å². The van der Waals surface area contributed by atoms with E-state index in [0.29, 0.717) is 21.7 Å². The van der Waals surface area contributed by atoms with Crippen LogP contribution in [-0.4, -0.2) is 29.9 Å². The predicted molar refractivity (Wildman–Crippen MR) is 87.3 cm³/mol. The molecule has 1 aromatic carbocycles. The highest BCUT2D eigenvalue weighted by molar-refractivity contribution is 7.12. The van der Waals surface area contributed by atoms with Crippen molar-refractivity contribution in [3.8, 4) is 16.5 Å². The fourth-order valence-corrected chi connectivity index (χ4v) is 2.86. The topological polar surface area (TPSA) is 91.6 Å². The van der Waals surface area contributed by atoms with Crippen LogP contribution < -0.4 is 5.69 Å². The Balaban J connectivity index is 1.59. The molecule has 0 N–H and O–H groups in total. The molecule has 10 heteroatoms. The lowest BCUT2D eigenvalue weighted by Gasteiger charge is -1.93. The molecule has 4 aromatic rings. The Morgan fingerprint density at radius 2 is 2.00 bits per heavy atom. The number of hydrogen-bond acceptors (Lipinski definition) is 7. The SMILES string of the molecule is O=c1n(Cc2noc(-c3ccc(Cl)cc3)n2)nnn1-c1cccs1. The molecule has 0 amide bonds. The summed E-state index contributed by atoms with van der Waals surface area (Å²) in [6.07, 6.45) is 0. The van der Waals surface area contributed by atoms with Gasteiger partial charge in [0.1, 0.15) is 11.5 Å². The maximum atomic E-state index is 12.3. The van der Waals surface area contributed by atoms with Crippen LogP contribution in [0.3, 0.4) is 0 Å². The molecule has 0 fully saturated rings. The van der Waals surface area contributed by atoms with Crippen molar-refractivity contribution in [1.29, 1.82) is 0 Å². The van der Waals surface area contributed by atoms with E-state index in [1.165, 1.54) is 20.7 Å². The monoisotopic (exact) mass is 360 g/mol. The Morgan fingerprint density at radius 3 is 2.75 bits per heavy atom. The lowest BCUT2D eigenvalue weighted by Crippen LogP contribution is -2.24. The average Bonchev–Trinajstić information content (AvgIpc) is 3.31. The van der Waals surface area contributed by atoms with Gasteiger partial charge in [0.25, 0.3) is 5.89 Å². The van der Waals surface area contributed by atoms with E-state index >= 15 is 0 Å². The maximum Gasteiger partial charge on any atom is 0.369 e. The van der Waals surface area contributed by atoms with Crippen molar-refractivity contribution in [2.45, 2.75) is 6.54 Å². The van der Waals surface area contributed by atoms with Gasteiger partial charge < -0.3 is 4.52 Å². The van der Waals surface area contributed by atoms with Crippen LogP contribution in [0.4, 0.5) is 0 Å². The minimum atomic E-state index is -0.365. The quantitative estimate of drug-likeness (QED) is 0.554. The summed E-state index contributed by atoms with van der Waals surface area (Å²) in [7, 11) is 0. The first kappa shape index (κ1) is 14.8. The highest BCUT2D eigenvalue weighted by Crippen LogP contribution is 2.19. The summed E-state index contributed by atoms with van der Waals surface area (Å²) >= 11 is 7.25. The number of nitrogens with zero attached hydrogens (tertiary/aromatic N) is 6. The maximum absolute atomic E-state index is 12.3. The van der Waals surface area contributed by atoms with E-state index < -0.39 is 0 Å². The van der Waals surface area contributed by atoms with Crippen LogP contribution in [0.5, 0.6) is 0 Å². The molecule has 0 saturated carbocycles. The number of halogens is 1. The number of aromatic nitrogens is 6. The molecule has 0 aliphatic heterocycles. The standard InChI is InChI=1S/C14H9ClN6O2S/c15-10-5-3-9(4-6-10)13-16-11(17-23-13)8-20-14(22)21(19-18-20)12-2-1-7-24-12/h1-7H,8H2. The van der Waals surface area contributed by atoms with Crippen LogP contribution in [0.25, 0.3) is 16.5 Å². The van der Waals surface area contributed by atoms with Gasteiger partial charge in [0.15, 0.2) is 5.82 Å². The van der Waals surface area contributed by atoms with E-state index in [1.54, 1.807) is 30.3 Å². The molecule has 0 unspecified atom stereocenters. The van der Waals surface area contributed by atoms with Gasteiger partial charge in [-0.3, -0.25) is 0 Å². The molecule has 8 nitrogen and oxygen atoms in total. The molecule has 0 bridgehead atoms. The number of hydrogen-bond donors (Lipinski definition) is 0. The van der Waals surface area contributed by atoms with Crippen LogP contribution in [0.1, 0.15) is 5.82 Å². The van der Waals surface area contributed by atoms with Gasteiger partial charge in [-0.2, -0.15) is 14.3 Å². The zero-order valence-corrected chi connectivity index (χ0v) is 13.6. The Bertz CT molecular complexity index is 1020. The van der Waals surface area contributed by atoms with Gasteiger partial charge in [-0.25, -0.2) is 4.79 Å². The second-order valence-electron chi connectivity index (χ2n) is 4.80. The second-order valence-corrected chi connectivity index (χ2v) is 6.17. The highest BCUT2D eigenvalue weighted by atomic mass is 35.5. The Morgan fingerprint density at radius 1 is 1.17 bits per heavy atom. The molecule has 0 saturated heterocycles. The van der Waals surface area contributed by atoms with Gasteiger partial charge >= 0.3 is 5.69 Å². The van der Waals surface area contributed by atoms with E-state index in [4.69, 9.17) is 16.1 Å². The number of tetrazole rings is 1. The summed E-state index contributed by atoms with van der Waals surface area (Å²) in [5, 5.41) is 14.7. The zero-order chi connectivity index (χ0) is 16.5. The molecule has 3 heterocycles. The van der Waals surface area contributed by atoms with E-state index in [9.17, 15) is 4.79 Å². The van der Waals surface area contributed by atoms with Gasteiger partial charge in [-0.1, -0.05) is 16.8 Å². The smallest absolute Gasteiger partial charge is 0.334 e. The van der Waals surface area contributed by atoms with Crippen molar-refractivity contribution in [3.05, 3.63) is 63.1 Å². The first-order chi connectivity index (χ1) is 11.7. The first-order valence-electron chi connectivity index (χ1n) is 6.86. The normalized spacial score (nSPS) is 11.0. The molecule has 3 aromatic heterocycles. The largest absolute Gasteiger partial charge is 0.369 e. The fraction of sp³-hybridized carbons (Fsp3) is 0.0714. The number of thiophene rings is 1. The number of rotatable bonds is 4. The molecule has 0 spiro atoms. The first-order valence-corrected chi connectivity index (χ1v) is 8.12. The lowest BCUT2D eigenvalue weighted by atomic mass is 10.2. The molecular weight excluding hydrogens is 352 g/mol. The second kappa shape index (κ2) is 6.02. The molecule has 0 radical (unpaired) electrons. The zero-order valence-electron chi connectivity index (χ0n) is 12.0. The van der Waals surface area contributed by atoms with Gasteiger partial charge in [0.2, 0.25) is 0 Å². The molecule has 0 aliphatic rings. The van der Waals surface area contributed by atoms with E-state index in [1.807, 2.05) is 11.4 Å². The van der Waals surface area contributed by atoms with E-state index in [-0.39, 0.29) is 12.2 Å². The summed E-state index contributed by atoms with van der Waals surface area (Å²) in [6.45, 7) is 0.0707. The molecule has 4 rings (SSSR count). The van der Waals surface area contributed by atoms with E-state index in [0.717, 1.165) is 5.56 Å². The van der Waals surface area contributed by atoms with Crippen molar-refractivity contribution < 1.29 is 4.52 Å². The fourth-order valence-electron chi connectivity index (χ4n) is 2.06. The Kier molecular flexibility index (Phi) is 3.71. The van der Waals surface area contributed by atoms with Crippen molar-refractivity contribution >= 4 is 22.9 Å². The number of benzene rings is 1. The third kappa shape index (κ3) is 2.74. The van der Waals surface area contributed by atoms with Gasteiger partial charge in [0, 0.05) is 10.6 Å². The Hall–Kier alpha value is -2.78. The summed E-state index contributed by atoms with van der Waals surface area (Å²) in [5.41, 5.74) is 0.378. The lowest BCUT2D eigenvalue weighted by molar-refractivity contribution is 0.417. The van der Waals surface area contributed by atoms with Crippen molar-refractivity contribution in [3.63, 3.8) is 0 Å². The van der Waals surface area contributed by atoms with Crippen LogP contribution in [0, 0.1) is 0 Å². The summed E-state index contributed by atoms with van der Waals surface area (Å²) in [4.78, 5) is 16.6. The molecule has 24 heavy (non-hydrogen) atoms. The van der Waals surface area contributed by atoms with Crippen molar-refractivity contribution in [2.24, 2.45) is 0 Å². The molecular formula is C14H9ClN6O2S. The average molecular weight is 361 g/mol.